The van der Waals surface area contributed by atoms with Crippen LogP contribution in [-0.2, 0) is 16.0 Å². The smallest absolute Gasteiger partial charge is 0.301 e. The Morgan fingerprint density at radius 3 is 2.69 bits per heavy atom. The van der Waals surface area contributed by atoms with E-state index < -0.39 is 17.7 Å². The average molecular weight is 509 g/mol. The number of aromatic nitrogens is 1. The van der Waals surface area contributed by atoms with Gasteiger partial charge in [-0.25, -0.2) is 4.98 Å². The molecule has 3 heterocycles. The minimum atomic E-state index is -0.970. The van der Waals surface area contributed by atoms with E-state index in [-0.39, 0.29) is 28.4 Å². The number of ether oxygens (including phenoxy) is 1. The van der Waals surface area contributed by atoms with Crippen LogP contribution in [0.25, 0.3) is 5.76 Å². The summed E-state index contributed by atoms with van der Waals surface area (Å²) >= 11 is 7.28. The van der Waals surface area contributed by atoms with E-state index in [0.717, 1.165) is 22.6 Å². The zero-order valence-electron chi connectivity index (χ0n) is 19.2. The summed E-state index contributed by atoms with van der Waals surface area (Å²) in [7, 11) is 0. The molecule has 0 unspecified atom stereocenters. The molecule has 0 saturated carbocycles. The van der Waals surface area contributed by atoms with Gasteiger partial charge in [0.1, 0.15) is 17.6 Å². The maximum absolute atomic E-state index is 13.3. The monoisotopic (exact) mass is 508 g/mol. The van der Waals surface area contributed by atoms with Gasteiger partial charge in [-0.3, -0.25) is 19.3 Å². The van der Waals surface area contributed by atoms with Crippen molar-refractivity contribution in [3.8, 4) is 5.75 Å². The van der Waals surface area contributed by atoms with Gasteiger partial charge in [-0.2, -0.15) is 0 Å². The molecule has 1 aromatic heterocycles. The molecule has 0 radical (unpaired) electrons. The van der Waals surface area contributed by atoms with Crippen LogP contribution in [0.1, 0.15) is 51.9 Å². The van der Waals surface area contributed by atoms with Gasteiger partial charge in [0.25, 0.3) is 5.78 Å². The van der Waals surface area contributed by atoms with Crippen LogP contribution in [0, 0.1) is 6.92 Å². The topological polar surface area (TPSA) is 96.8 Å². The highest BCUT2D eigenvalue weighted by molar-refractivity contribution is 7.18. The van der Waals surface area contributed by atoms with Crippen molar-refractivity contribution < 1.29 is 24.2 Å². The number of rotatable bonds is 4. The first-order chi connectivity index (χ1) is 16.7. The summed E-state index contributed by atoms with van der Waals surface area (Å²) in [5, 5.41) is 12.0. The predicted molar refractivity (Wildman–Crippen MR) is 133 cm³/mol. The molecule has 2 aliphatic heterocycles. The molecule has 2 aliphatic rings. The highest BCUT2D eigenvalue weighted by Crippen LogP contribution is 2.44. The molecule has 2 atom stereocenters. The number of nitrogens with zero attached hydrogens (tertiary/aromatic N) is 2. The number of aliphatic hydroxyl groups excluding tert-OH is 1. The molecule has 0 spiro atoms. The lowest BCUT2D eigenvalue weighted by Crippen LogP contribution is -2.29. The number of aryl methyl sites for hydroxylation is 1. The molecular weight excluding hydrogens is 488 g/mol. The predicted octanol–water partition coefficient (Wildman–Crippen LogP) is 5.26. The van der Waals surface area contributed by atoms with Gasteiger partial charge in [0.15, 0.2) is 10.9 Å². The Kier molecular flexibility index (Phi) is 5.73. The number of aliphatic hydroxyl groups is 1. The van der Waals surface area contributed by atoms with Gasteiger partial charge < -0.3 is 9.84 Å². The van der Waals surface area contributed by atoms with E-state index in [1.165, 1.54) is 11.8 Å². The summed E-state index contributed by atoms with van der Waals surface area (Å²) in [6.45, 7) is 5.05. The normalized spacial score (nSPS) is 20.7. The molecule has 178 valence electrons. The van der Waals surface area contributed by atoms with Crippen LogP contribution in [0.3, 0.4) is 0 Å². The number of anilines is 1. The van der Waals surface area contributed by atoms with Crippen molar-refractivity contribution in [2.45, 2.75) is 39.3 Å². The second-order valence-corrected chi connectivity index (χ2v) is 10.1. The Morgan fingerprint density at radius 1 is 1.23 bits per heavy atom. The lowest BCUT2D eigenvalue weighted by molar-refractivity contribution is -0.132. The second-order valence-electron chi connectivity index (χ2n) is 8.65. The zero-order valence-corrected chi connectivity index (χ0v) is 20.7. The fraction of sp³-hybridized carbons (Fsp3) is 0.231. The summed E-state index contributed by atoms with van der Waals surface area (Å²) in [5.41, 5.74) is 2.26. The lowest BCUT2D eigenvalue weighted by atomic mass is 9.94. The first-order valence-electron chi connectivity index (χ1n) is 11.0. The van der Waals surface area contributed by atoms with Gasteiger partial charge in [-0.15, -0.1) is 0 Å². The van der Waals surface area contributed by atoms with E-state index in [4.69, 9.17) is 16.3 Å². The molecule has 35 heavy (non-hydrogen) atoms. The number of ketones is 2. The van der Waals surface area contributed by atoms with E-state index in [9.17, 15) is 19.5 Å². The van der Waals surface area contributed by atoms with Crippen LogP contribution in [0.5, 0.6) is 5.75 Å². The Balaban J connectivity index is 1.70. The molecule has 1 fully saturated rings. The Morgan fingerprint density at radius 2 is 2.00 bits per heavy atom. The third kappa shape index (κ3) is 3.92. The van der Waals surface area contributed by atoms with Gasteiger partial charge in [-0.05, 0) is 55.3 Å². The largest absolute Gasteiger partial charge is 0.507 e. The molecule has 0 bridgehead atoms. The third-order valence-corrected chi connectivity index (χ3v) is 7.58. The lowest BCUT2D eigenvalue weighted by Gasteiger charge is -2.23. The van der Waals surface area contributed by atoms with Crippen LogP contribution >= 0.6 is 22.9 Å². The van der Waals surface area contributed by atoms with Gasteiger partial charge in [0.2, 0.25) is 0 Å². The Bertz CT molecular complexity index is 1440. The minimum absolute atomic E-state index is 0.0167. The maximum atomic E-state index is 13.3. The maximum Gasteiger partial charge on any atom is 0.301 e. The van der Waals surface area contributed by atoms with E-state index >= 15 is 0 Å². The molecule has 3 aromatic rings. The number of benzene rings is 2. The molecular formula is C26H21ClN2O5S. The summed E-state index contributed by atoms with van der Waals surface area (Å²) in [6.07, 6.45) is 0.692. The SMILES string of the molecule is CC(=O)c1sc(N2C(=O)C(=O)/C(=C(/O)c3ccc4c(c3)C[C@@H](C)O4)[C@H]2c2cccc(Cl)c2)nc1C. The number of carbonyl (C=O) groups excluding carboxylic acids is 3. The van der Waals surface area contributed by atoms with Gasteiger partial charge in [0.05, 0.1) is 22.2 Å². The van der Waals surface area contributed by atoms with Gasteiger partial charge in [-0.1, -0.05) is 35.1 Å². The number of amides is 1. The number of hydrogen-bond donors (Lipinski definition) is 1. The second kappa shape index (κ2) is 8.62. The van der Waals surface area contributed by atoms with E-state index in [0.29, 0.717) is 33.1 Å². The number of hydrogen-bond acceptors (Lipinski definition) is 7. The van der Waals surface area contributed by atoms with Gasteiger partial charge >= 0.3 is 5.91 Å². The zero-order chi connectivity index (χ0) is 25.0. The number of fused-ring (bicyclic) bond motifs is 1. The van der Waals surface area contributed by atoms with Crippen LogP contribution in [0.15, 0.2) is 48.0 Å². The first kappa shape index (κ1) is 23.3. The van der Waals surface area contributed by atoms with Crippen molar-refractivity contribution in [1.29, 1.82) is 0 Å². The first-order valence-corrected chi connectivity index (χ1v) is 12.2. The Labute approximate surface area is 210 Å². The molecule has 0 aliphatic carbocycles. The van der Waals surface area contributed by atoms with Crippen LogP contribution < -0.4 is 9.64 Å². The fourth-order valence-electron chi connectivity index (χ4n) is 4.56. The van der Waals surface area contributed by atoms with Crippen LogP contribution in [-0.4, -0.2) is 33.7 Å². The van der Waals surface area contributed by atoms with Crippen LogP contribution in [0.4, 0.5) is 5.13 Å². The highest BCUT2D eigenvalue weighted by atomic mass is 35.5. The van der Waals surface area contributed by atoms with E-state index in [2.05, 4.69) is 4.98 Å². The van der Waals surface area contributed by atoms with Gasteiger partial charge in [0, 0.05) is 23.9 Å². The standard InChI is InChI=1S/C26H21ClN2O5S/c1-12-9-17-10-16(7-8-19(17)34-12)22(31)20-21(15-5-4-6-18(27)11-15)29(25(33)23(20)32)26-28-13(2)24(35-26)14(3)30/h4-8,10-12,21,31H,9H2,1-3H3/b22-20+/t12-,21-/m1/s1. The van der Waals surface area contributed by atoms with Crippen molar-refractivity contribution in [3.63, 3.8) is 0 Å². The minimum Gasteiger partial charge on any atom is -0.507 e. The molecule has 9 heteroatoms. The summed E-state index contributed by atoms with van der Waals surface area (Å²) in [6, 6.07) is 11.0. The molecule has 5 rings (SSSR count). The summed E-state index contributed by atoms with van der Waals surface area (Å²) in [4.78, 5) is 44.7. The average Bonchev–Trinajstić information content (AvgIpc) is 3.45. The number of halogens is 1. The summed E-state index contributed by atoms with van der Waals surface area (Å²) in [5.74, 6) is -1.42. The van der Waals surface area contributed by atoms with Crippen molar-refractivity contribution in [1.82, 2.24) is 4.98 Å². The number of thiazole rings is 1. The summed E-state index contributed by atoms with van der Waals surface area (Å²) < 4.78 is 5.74. The molecule has 1 saturated heterocycles. The van der Waals surface area contributed by atoms with Crippen molar-refractivity contribution >= 4 is 51.3 Å². The quantitative estimate of drug-likeness (QED) is 0.223. The molecule has 7 nitrogen and oxygen atoms in total. The van der Waals surface area contributed by atoms with Crippen molar-refractivity contribution in [2.24, 2.45) is 0 Å². The van der Waals surface area contributed by atoms with Crippen molar-refractivity contribution in [3.05, 3.63) is 80.3 Å². The number of Topliss-reactive ketones (excluding diaryl/α,β-unsaturated/α-hetero) is 2. The molecule has 1 N–H and O–H groups in total. The molecule has 1 amide bonds. The molecule has 2 aromatic carbocycles. The van der Waals surface area contributed by atoms with E-state index in [1.807, 2.05) is 6.92 Å². The van der Waals surface area contributed by atoms with Crippen molar-refractivity contribution in [2.75, 3.05) is 4.90 Å². The third-order valence-electron chi connectivity index (χ3n) is 6.09. The number of carbonyl (C=O) groups is 3. The fourth-order valence-corrected chi connectivity index (χ4v) is 5.75. The highest BCUT2D eigenvalue weighted by Gasteiger charge is 2.48. The Hall–Kier alpha value is -3.49. The van der Waals surface area contributed by atoms with Crippen LogP contribution in [0.2, 0.25) is 5.02 Å². The van der Waals surface area contributed by atoms with E-state index in [1.54, 1.807) is 49.4 Å².